The largest absolute Gasteiger partial charge is 0.389 e. The van der Waals surface area contributed by atoms with Gasteiger partial charge in [0.05, 0.1) is 4.90 Å². The Balaban J connectivity index is 2.77. The van der Waals surface area contributed by atoms with Crippen molar-refractivity contribution in [1.29, 1.82) is 0 Å². The number of thioether (sulfide) groups is 1. The number of thiocarbonyl (C=S) groups is 1. The van der Waals surface area contributed by atoms with Gasteiger partial charge in [0.15, 0.2) is 0 Å². The molecule has 0 aliphatic carbocycles. The first-order chi connectivity index (χ1) is 9.38. The fourth-order valence-electron chi connectivity index (χ4n) is 1.52. The van der Waals surface area contributed by atoms with Gasteiger partial charge in [-0.1, -0.05) is 12.2 Å². The Labute approximate surface area is 128 Å². The second-order valence-corrected chi connectivity index (χ2v) is 7.30. The van der Waals surface area contributed by atoms with Crippen molar-refractivity contribution in [3.8, 4) is 0 Å². The molecular formula is C12H17FN2O2S3. The Hall–Kier alpha value is -0.700. The lowest BCUT2D eigenvalue weighted by Crippen LogP contribution is -2.25. The van der Waals surface area contributed by atoms with Crippen molar-refractivity contribution in [3.63, 3.8) is 0 Å². The molecule has 0 radical (unpaired) electrons. The molecule has 20 heavy (non-hydrogen) atoms. The molecule has 112 valence electrons. The first-order valence-electron chi connectivity index (χ1n) is 5.96. The third-order valence-corrected chi connectivity index (χ3v) is 4.96. The number of benzene rings is 1. The standard InChI is InChI=1S/C12H17FN2O2S3/c1-19-7-3-2-6-15-20(16,17)9-4-5-11(13)10(8-9)12(14)18/h4-5,8,15H,2-3,6-7H2,1H3,(H2,14,18). The fraction of sp³-hybridized carbons (Fsp3) is 0.417. The number of hydrogen-bond donors (Lipinski definition) is 2. The van der Waals surface area contributed by atoms with Crippen molar-refractivity contribution in [2.24, 2.45) is 5.73 Å². The zero-order valence-electron chi connectivity index (χ0n) is 11.1. The fourth-order valence-corrected chi connectivity index (χ4v) is 3.27. The molecule has 0 saturated carbocycles. The van der Waals surface area contributed by atoms with Crippen LogP contribution in [0, 0.1) is 5.82 Å². The first kappa shape index (κ1) is 17.4. The first-order valence-corrected chi connectivity index (χ1v) is 9.25. The van der Waals surface area contributed by atoms with Crippen LogP contribution in [0.15, 0.2) is 23.1 Å². The highest BCUT2D eigenvalue weighted by Gasteiger charge is 2.16. The predicted molar refractivity (Wildman–Crippen MR) is 85.1 cm³/mol. The van der Waals surface area contributed by atoms with Crippen LogP contribution in [0.4, 0.5) is 4.39 Å². The molecule has 0 aliphatic heterocycles. The van der Waals surface area contributed by atoms with Crippen LogP contribution < -0.4 is 10.5 Å². The van der Waals surface area contributed by atoms with Gasteiger partial charge in [-0.3, -0.25) is 0 Å². The van der Waals surface area contributed by atoms with Crippen LogP contribution in [0.3, 0.4) is 0 Å². The minimum absolute atomic E-state index is 0.0356. The topological polar surface area (TPSA) is 72.2 Å². The van der Waals surface area contributed by atoms with Gasteiger partial charge in [0.25, 0.3) is 0 Å². The van der Waals surface area contributed by atoms with E-state index in [-0.39, 0.29) is 15.4 Å². The number of nitrogens with one attached hydrogen (secondary N) is 1. The normalized spacial score (nSPS) is 11.5. The van der Waals surface area contributed by atoms with Crippen molar-refractivity contribution in [3.05, 3.63) is 29.6 Å². The lowest BCUT2D eigenvalue weighted by atomic mass is 10.2. The molecule has 0 aromatic heterocycles. The zero-order chi connectivity index (χ0) is 15.2. The van der Waals surface area contributed by atoms with Crippen LogP contribution in [-0.4, -0.2) is 32.0 Å². The van der Waals surface area contributed by atoms with Gasteiger partial charge < -0.3 is 5.73 Å². The summed E-state index contributed by atoms with van der Waals surface area (Å²) in [6, 6.07) is 3.40. The van der Waals surface area contributed by atoms with E-state index in [1.54, 1.807) is 11.8 Å². The number of hydrogen-bond acceptors (Lipinski definition) is 4. The Morgan fingerprint density at radius 1 is 1.45 bits per heavy atom. The Bertz CT molecular complexity index is 576. The van der Waals surface area contributed by atoms with E-state index >= 15 is 0 Å². The monoisotopic (exact) mass is 336 g/mol. The number of nitrogens with two attached hydrogens (primary N) is 1. The average molecular weight is 336 g/mol. The molecule has 0 heterocycles. The highest BCUT2D eigenvalue weighted by molar-refractivity contribution is 7.98. The molecule has 0 saturated heterocycles. The van der Waals surface area contributed by atoms with Crippen molar-refractivity contribution < 1.29 is 12.8 Å². The molecule has 0 unspecified atom stereocenters. The van der Waals surface area contributed by atoms with Crippen LogP contribution in [0.1, 0.15) is 18.4 Å². The maximum absolute atomic E-state index is 13.4. The lowest BCUT2D eigenvalue weighted by molar-refractivity contribution is 0.577. The van der Waals surface area contributed by atoms with Gasteiger partial charge in [0.1, 0.15) is 10.8 Å². The maximum atomic E-state index is 13.4. The van der Waals surface area contributed by atoms with Gasteiger partial charge in [-0.05, 0) is 43.0 Å². The molecule has 0 fully saturated rings. The number of sulfonamides is 1. The summed E-state index contributed by atoms with van der Waals surface area (Å²) in [6.45, 7) is 0.350. The zero-order valence-corrected chi connectivity index (χ0v) is 13.5. The van der Waals surface area contributed by atoms with E-state index in [4.69, 9.17) is 5.73 Å². The minimum atomic E-state index is -3.66. The highest BCUT2D eigenvalue weighted by Crippen LogP contribution is 2.15. The van der Waals surface area contributed by atoms with E-state index in [2.05, 4.69) is 16.9 Å². The summed E-state index contributed by atoms with van der Waals surface area (Å²) >= 11 is 6.40. The molecule has 8 heteroatoms. The van der Waals surface area contributed by atoms with E-state index in [0.29, 0.717) is 6.54 Å². The van der Waals surface area contributed by atoms with Crippen molar-refractivity contribution in [2.75, 3.05) is 18.6 Å². The predicted octanol–water partition coefficient (Wildman–Crippen LogP) is 1.88. The molecule has 1 rings (SSSR count). The summed E-state index contributed by atoms with van der Waals surface area (Å²) in [6.07, 6.45) is 3.69. The van der Waals surface area contributed by atoms with E-state index < -0.39 is 15.8 Å². The van der Waals surface area contributed by atoms with E-state index in [0.717, 1.165) is 30.7 Å². The van der Waals surface area contributed by atoms with Crippen molar-refractivity contribution in [1.82, 2.24) is 4.72 Å². The Morgan fingerprint density at radius 2 is 2.15 bits per heavy atom. The molecule has 3 N–H and O–H groups in total. The van der Waals surface area contributed by atoms with Crippen LogP contribution in [0.25, 0.3) is 0 Å². The molecule has 0 bridgehead atoms. The highest BCUT2D eigenvalue weighted by atomic mass is 32.2. The number of halogens is 1. The van der Waals surface area contributed by atoms with Crippen molar-refractivity contribution in [2.45, 2.75) is 17.7 Å². The quantitative estimate of drug-likeness (QED) is 0.560. The third kappa shape index (κ3) is 5.01. The molecule has 0 amide bonds. The van der Waals surface area contributed by atoms with Gasteiger partial charge in [-0.25, -0.2) is 17.5 Å². The van der Waals surface area contributed by atoms with E-state index in [1.807, 2.05) is 6.26 Å². The molecule has 0 spiro atoms. The van der Waals surface area contributed by atoms with Crippen LogP contribution in [0.5, 0.6) is 0 Å². The van der Waals surface area contributed by atoms with E-state index in [1.165, 1.54) is 6.07 Å². The van der Waals surface area contributed by atoms with Gasteiger partial charge in [0, 0.05) is 12.1 Å². The molecule has 1 aromatic carbocycles. The third-order valence-electron chi connectivity index (χ3n) is 2.58. The molecular weight excluding hydrogens is 319 g/mol. The second-order valence-electron chi connectivity index (χ2n) is 4.10. The summed E-state index contributed by atoms with van der Waals surface area (Å²) in [7, 11) is -3.66. The van der Waals surface area contributed by atoms with Crippen molar-refractivity contribution >= 4 is 39.0 Å². The SMILES string of the molecule is CSCCCCNS(=O)(=O)c1ccc(F)c(C(N)=S)c1. The summed E-state index contributed by atoms with van der Waals surface area (Å²) in [5.41, 5.74) is 5.29. The summed E-state index contributed by atoms with van der Waals surface area (Å²) in [5.74, 6) is 0.362. The van der Waals surface area contributed by atoms with Crippen LogP contribution in [0.2, 0.25) is 0 Å². The van der Waals surface area contributed by atoms with Gasteiger partial charge in [-0.15, -0.1) is 0 Å². The van der Waals surface area contributed by atoms with Gasteiger partial charge >= 0.3 is 0 Å². The summed E-state index contributed by atoms with van der Waals surface area (Å²) < 4.78 is 39.9. The number of unbranched alkanes of at least 4 members (excludes halogenated alkanes) is 1. The van der Waals surface area contributed by atoms with E-state index in [9.17, 15) is 12.8 Å². The Morgan fingerprint density at radius 3 is 2.75 bits per heavy atom. The summed E-state index contributed by atoms with van der Waals surface area (Å²) in [4.78, 5) is -0.203. The molecule has 1 aromatic rings. The smallest absolute Gasteiger partial charge is 0.240 e. The second kappa shape index (κ2) is 7.92. The summed E-state index contributed by atoms with van der Waals surface area (Å²) in [5, 5.41) is 0. The number of rotatable bonds is 8. The molecule has 0 atom stereocenters. The molecule has 0 aliphatic rings. The minimum Gasteiger partial charge on any atom is -0.389 e. The average Bonchev–Trinajstić information content (AvgIpc) is 2.38. The lowest BCUT2D eigenvalue weighted by Gasteiger charge is -2.08. The van der Waals surface area contributed by atoms with Gasteiger partial charge in [-0.2, -0.15) is 11.8 Å². The molecule has 4 nitrogen and oxygen atoms in total. The Kier molecular flexibility index (Phi) is 6.87. The maximum Gasteiger partial charge on any atom is 0.240 e. The van der Waals surface area contributed by atoms with Crippen LogP contribution in [-0.2, 0) is 10.0 Å². The van der Waals surface area contributed by atoms with Crippen LogP contribution >= 0.6 is 24.0 Å². The van der Waals surface area contributed by atoms with Gasteiger partial charge in [0.2, 0.25) is 10.0 Å².